The van der Waals surface area contributed by atoms with E-state index in [9.17, 15) is 0 Å². The molecular weight excluding hydrogens is 334 g/mol. The first-order valence-corrected chi connectivity index (χ1v) is 9.29. The van der Waals surface area contributed by atoms with Gasteiger partial charge in [-0.05, 0) is 52.7 Å². The summed E-state index contributed by atoms with van der Waals surface area (Å²) in [6.07, 6.45) is 9.15. The summed E-state index contributed by atoms with van der Waals surface area (Å²) in [5, 5.41) is 3.65. The molecule has 1 saturated carbocycles. The van der Waals surface area contributed by atoms with Crippen LogP contribution in [0.5, 0.6) is 5.75 Å². The number of rotatable bonds is 6. The third-order valence-corrected chi connectivity index (χ3v) is 6.23. The van der Waals surface area contributed by atoms with Crippen LogP contribution in [0.2, 0.25) is 0 Å². The maximum atomic E-state index is 5.26. The highest BCUT2D eigenvalue weighted by molar-refractivity contribution is 9.10. The number of thioether (sulfide) groups is 1. The molecule has 112 valence electrons. The third-order valence-electron chi connectivity index (χ3n) is 4.19. The fraction of sp³-hybridized carbons (Fsp3) is 0.625. The lowest BCUT2D eigenvalue weighted by Crippen LogP contribution is -2.39. The zero-order valence-electron chi connectivity index (χ0n) is 12.4. The van der Waals surface area contributed by atoms with Gasteiger partial charge in [0.1, 0.15) is 5.75 Å². The molecule has 0 bridgehead atoms. The molecular formula is C16H24BrNOS. The van der Waals surface area contributed by atoms with Crippen molar-refractivity contribution in [3.63, 3.8) is 0 Å². The number of benzene rings is 1. The number of hydrogen-bond donors (Lipinski definition) is 1. The predicted octanol–water partition coefficient (Wildman–Crippen LogP) is 4.61. The number of nitrogens with one attached hydrogen (secondary N) is 1. The zero-order valence-corrected chi connectivity index (χ0v) is 14.8. The average molecular weight is 358 g/mol. The van der Waals surface area contributed by atoms with E-state index < -0.39 is 0 Å². The van der Waals surface area contributed by atoms with Crippen molar-refractivity contribution >= 4 is 27.7 Å². The minimum absolute atomic E-state index is 0.460. The summed E-state index contributed by atoms with van der Waals surface area (Å²) in [6.45, 7) is 2.03. The fourth-order valence-electron chi connectivity index (χ4n) is 2.90. The predicted molar refractivity (Wildman–Crippen MR) is 91.7 cm³/mol. The van der Waals surface area contributed by atoms with Crippen molar-refractivity contribution in [3.05, 3.63) is 28.2 Å². The van der Waals surface area contributed by atoms with E-state index in [1.54, 1.807) is 7.11 Å². The van der Waals surface area contributed by atoms with E-state index in [0.717, 1.165) is 23.3 Å². The van der Waals surface area contributed by atoms with Gasteiger partial charge in [0.05, 0.1) is 11.6 Å². The van der Waals surface area contributed by atoms with Gasteiger partial charge < -0.3 is 10.1 Å². The molecule has 0 amide bonds. The first-order chi connectivity index (χ1) is 9.69. The van der Waals surface area contributed by atoms with Gasteiger partial charge in [0.15, 0.2) is 0 Å². The molecule has 0 atom stereocenters. The Bertz CT molecular complexity index is 432. The summed E-state index contributed by atoms with van der Waals surface area (Å²) in [4.78, 5) is 0. The van der Waals surface area contributed by atoms with Crippen LogP contribution in [0.4, 0.5) is 0 Å². The standard InChI is InChI=1S/C16H24BrNOS/c1-19-15-7-6-13(10-14(15)17)11-18-12-16(20-2)8-4-3-5-9-16/h6-7,10,18H,3-5,8-9,11-12H2,1-2H3. The molecule has 2 rings (SSSR count). The lowest BCUT2D eigenvalue weighted by atomic mass is 9.88. The van der Waals surface area contributed by atoms with Crippen molar-refractivity contribution in [1.29, 1.82) is 0 Å². The first kappa shape index (κ1) is 16.2. The number of halogens is 1. The van der Waals surface area contributed by atoms with Crippen LogP contribution in [-0.2, 0) is 6.54 Å². The van der Waals surface area contributed by atoms with Crippen LogP contribution in [0.3, 0.4) is 0 Å². The van der Waals surface area contributed by atoms with Crippen molar-refractivity contribution in [2.75, 3.05) is 19.9 Å². The van der Waals surface area contributed by atoms with E-state index >= 15 is 0 Å². The van der Waals surface area contributed by atoms with E-state index in [2.05, 4.69) is 39.6 Å². The second-order valence-corrected chi connectivity index (χ2v) is 7.65. The van der Waals surface area contributed by atoms with E-state index in [0.29, 0.717) is 4.75 Å². The van der Waals surface area contributed by atoms with Gasteiger partial charge in [-0.25, -0.2) is 0 Å². The third kappa shape index (κ3) is 4.15. The Balaban J connectivity index is 1.87. The van der Waals surface area contributed by atoms with Crippen molar-refractivity contribution in [2.24, 2.45) is 0 Å². The minimum atomic E-state index is 0.460. The maximum absolute atomic E-state index is 5.26. The lowest BCUT2D eigenvalue weighted by Gasteiger charge is -2.36. The molecule has 1 aromatic rings. The number of ether oxygens (including phenoxy) is 1. The highest BCUT2D eigenvalue weighted by Gasteiger charge is 2.30. The van der Waals surface area contributed by atoms with Crippen LogP contribution in [0, 0.1) is 0 Å². The van der Waals surface area contributed by atoms with Crippen molar-refractivity contribution < 1.29 is 4.74 Å². The van der Waals surface area contributed by atoms with Gasteiger partial charge in [0, 0.05) is 17.8 Å². The molecule has 1 fully saturated rings. The molecule has 1 aromatic carbocycles. The summed E-state index contributed by atoms with van der Waals surface area (Å²) in [5.41, 5.74) is 1.30. The van der Waals surface area contributed by atoms with Crippen LogP contribution < -0.4 is 10.1 Å². The molecule has 2 nitrogen and oxygen atoms in total. The quantitative estimate of drug-likeness (QED) is 0.802. The van der Waals surface area contributed by atoms with E-state index in [1.807, 2.05) is 17.8 Å². The minimum Gasteiger partial charge on any atom is -0.496 e. The molecule has 0 spiro atoms. The van der Waals surface area contributed by atoms with Crippen molar-refractivity contribution in [1.82, 2.24) is 5.32 Å². The summed E-state index contributed by atoms with van der Waals surface area (Å²) in [5.74, 6) is 0.890. The average Bonchev–Trinajstić information content (AvgIpc) is 2.48. The second-order valence-electron chi connectivity index (χ2n) is 5.52. The summed E-state index contributed by atoms with van der Waals surface area (Å²) in [7, 11) is 1.70. The van der Waals surface area contributed by atoms with E-state index in [1.165, 1.54) is 37.7 Å². The maximum Gasteiger partial charge on any atom is 0.133 e. The van der Waals surface area contributed by atoms with Gasteiger partial charge in [0.25, 0.3) is 0 Å². The Labute approximate surface area is 135 Å². The SMILES string of the molecule is COc1ccc(CNCC2(SC)CCCCC2)cc1Br. The largest absolute Gasteiger partial charge is 0.496 e. The van der Waals surface area contributed by atoms with Gasteiger partial charge in [0.2, 0.25) is 0 Å². The Morgan fingerprint density at radius 3 is 2.65 bits per heavy atom. The molecule has 0 aliphatic heterocycles. The van der Waals surface area contributed by atoms with Crippen molar-refractivity contribution in [2.45, 2.75) is 43.4 Å². The Morgan fingerprint density at radius 1 is 1.30 bits per heavy atom. The molecule has 20 heavy (non-hydrogen) atoms. The Hall–Kier alpha value is -0.190. The van der Waals surface area contributed by atoms with E-state index in [4.69, 9.17) is 4.74 Å². The fourth-order valence-corrected chi connectivity index (χ4v) is 4.44. The normalized spacial score (nSPS) is 17.9. The van der Waals surface area contributed by atoms with Crippen LogP contribution >= 0.6 is 27.7 Å². The molecule has 0 aromatic heterocycles. The van der Waals surface area contributed by atoms with Crippen LogP contribution in [0.1, 0.15) is 37.7 Å². The van der Waals surface area contributed by atoms with Crippen LogP contribution in [-0.4, -0.2) is 24.7 Å². The number of hydrogen-bond acceptors (Lipinski definition) is 3. The molecule has 0 saturated heterocycles. The molecule has 0 unspecified atom stereocenters. The van der Waals surface area contributed by atoms with Crippen LogP contribution in [0.15, 0.2) is 22.7 Å². The molecule has 0 heterocycles. The van der Waals surface area contributed by atoms with Gasteiger partial charge in [-0.1, -0.05) is 25.3 Å². The summed E-state index contributed by atoms with van der Waals surface area (Å²) < 4.78 is 6.75. The van der Waals surface area contributed by atoms with Crippen LogP contribution in [0.25, 0.3) is 0 Å². The number of methoxy groups -OCH3 is 1. The lowest BCUT2D eigenvalue weighted by molar-refractivity contribution is 0.379. The molecule has 1 aliphatic rings. The van der Waals surface area contributed by atoms with Crippen molar-refractivity contribution in [3.8, 4) is 5.75 Å². The molecule has 1 aliphatic carbocycles. The Morgan fingerprint density at radius 2 is 2.05 bits per heavy atom. The van der Waals surface area contributed by atoms with Gasteiger partial charge in [-0.3, -0.25) is 0 Å². The summed E-state index contributed by atoms with van der Waals surface area (Å²) in [6, 6.07) is 6.29. The first-order valence-electron chi connectivity index (χ1n) is 7.27. The highest BCUT2D eigenvalue weighted by Crippen LogP contribution is 2.38. The smallest absolute Gasteiger partial charge is 0.133 e. The monoisotopic (exact) mass is 357 g/mol. The zero-order chi connectivity index (χ0) is 14.4. The topological polar surface area (TPSA) is 21.3 Å². The Kier molecular flexibility index (Phi) is 6.24. The van der Waals surface area contributed by atoms with Gasteiger partial charge >= 0.3 is 0 Å². The van der Waals surface area contributed by atoms with Gasteiger partial charge in [-0.2, -0.15) is 11.8 Å². The van der Waals surface area contributed by atoms with E-state index in [-0.39, 0.29) is 0 Å². The molecule has 0 radical (unpaired) electrons. The highest BCUT2D eigenvalue weighted by atomic mass is 79.9. The van der Waals surface area contributed by atoms with Gasteiger partial charge in [-0.15, -0.1) is 0 Å². The molecule has 1 N–H and O–H groups in total. The second kappa shape index (κ2) is 7.71. The summed E-state index contributed by atoms with van der Waals surface area (Å²) >= 11 is 5.59. The molecule has 4 heteroatoms.